The van der Waals surface area contributed by atoms with E-state index in [1.807, 2.05) is 6.92 Å². The van der Waals surface area contributed by atoms with E-state index in [4.69, 9.17) is 9.47 Å². The number of rotatable bonds is 14. The van der Waals surface area contributed by atoms with Crippen molar-refractivity contribution in [2.45, 2.75) is 53.0 Å². The number of amides is 1. The van der Waals surface area contributed by atoms with Gasteiger partial charge in [-0.1, -0.05) is 33.3 Å². The van der Waals surface area contributed by atoms with E-state index in [9.17, 15) is 19.1 Å². The molecule has 0 aliphatic carbocycles. The van der Waals surface area contributed by atoms with Crippen LogP contribution in [0.4, 0.5) is 4.39 Å². The molecule has 0 saturated carbocycles. The van der Waals surface area contributed by atoms with Crippen molar-refractivity contribution in [3.63, 3.8) is 0 Å². The van der Waals surface area contributed by atoms with Gasteiger partial charge >= 0.3 is 0 Å². The van der Waals surface area contributed by atoms with Crippen molar-refractivity contribution in [2.75, 3.05) is 39.4 Å². The minimum absolute atomic E-state index is 0.0217. The van der Waals surface area contributed by atoms with Gasteiger partial charge in [0, 0.05) is 12.1 Å². The Bertz CT molecular complexity index is 1130. The standard InChI is InChI=1S/C30H39FN2O5/c1-5-9-19-38-24-16-13-22(20-25(24)37-8-4)27-26(28(34)21-11-14-23(31)15-12-21)29(35)30(36)33(27)18-10-17-32(6-2)7-3/h11-16,20,27,34H,5-10,17-19H2,1-4H3. The smallest absolute Gasteiger partial charge is 0.295 e. The molecule has 1 aliphatic rings. The topological polar surface area (TPSA) is 79.3 Å². The van der Waals surface area contributed by atoms with Crippen LogP contribution < -0.4 is 9.47 Å². The molecule has 0 aromatic heterocycles. The minimum Gasteiger partial charge on any atom is -0.507 e. The van der Waals surface area contributed by atoms with E-state index >= 15 is 0 Å². The Morgan fingerprint density at radius 2 is 1.68 bits per heavy atom. The molecule has 1 amide bonds. The van der Waals surface area contributed by atoms with Crippen LogP contribution in [0.2, 0.25) is 0 Å². The van der Waals surface area contributed by atoms with Gasteiger partial charge in [0.05, 0.1) is 24.8 Å². The monoisotopic (exact) mass is 526 g/mol. The molecule has 1 unspecified atom stereocenters. The summed E-state index contributed by atoms with van der Waals surface area (Å²) in [6.07, 6.45) is 2.56. The average Bonchev–Trinajstić information content (AvgIpc) is 3.17. The van der Waals surface area contributed by atoms with Gasteiger partial charge in [0.25, 0.3) is 11.7 Å². The quantitative estimate of drug-likeness (QED) is 0.150. The Morgan fingerprint density at radius 1 is 0.974 bits per heavy atom. The summed E-state index contributed by atoms with van der Waals surface area (Å²) < 4.78 is 25.3. The van der Waals surface area contributed by atoms with Gasteiger partial charge in [-0.15, -0.1) is 0 Å². The summed E-state index contributed by atoms with van der Waals surface area (Å²) in [6, 6.07) is 9.74. The molecule has 1 aliphatic heterocycles. The molecule has 38 heavy (non-hydrogen) atoms. The van der Waals surface area contributed by atoms with Crippen LogP contribution in [0.25, 0.3) is 5.76 Å². The third-order valence-electron chi connectivity index (χ3n) is 6.76. The van der Waals surface area contributed by atoms with Gasteiger partial charge in [0.1, 0.15) is 11.6 Å². The fourth-order valence-electron chi connectivity index (χ4n) is 4.63. The van der Waals surface area contributed by atoms with Gasteiger partial charge in [0.2, 0.25) is 0 Å². The fourth-order valence-corrected chi connectivity index (χ4v) is 4.63. The van der Waals surface area contributed by atoms with E-state index in [0.29, 0.717) is 43.2 Å². The lowest BCUT2D eigenvalue weighted by Crippen LogP contribution is -2.33. The van der Waals surface area contributed by atoms with E-state index in [2.05, 4.69) is 25.7 Å². The van der Waals surface area contributed by atoms with Crippen molar-refractivity contribution in [3.8, 4) is 11.5 Å². The van der Waals surface area contributed by atoms with E-state index < -0.39 is 23.5 Å². The molecular weight excluding hydrogens is 487 g/mol. The molecule has 206 valence electrons. The molecule has 3 rings (SSSR count). The number of ketones is 1. The van der Waals surface area contributed by atoms with Gasteiger partial charge in [-0.2, -0.15) is 0 Å². The van der Waals surface area contributed by atoms with Gasteiger partial charge in [0.15, 0.2) is 11.5 Å². The van der Waals surface area contributed by atoms with Crippen LogP contribution in [0, 0.1) is 5.82 Å². The number of hydrogen-bond acceptors (Lipinski definition) is 6. The third-order valence-corrected chi connectivity index (χ3v) is 6.76. The molecule has 7 nitrogen and oxygen atoms in total. The Hall–Kier alpha value is -3.39. The zero-order valence-corrected chi connectivity index (χ0v) is 22.8. The number of halogens is 1. The lowest BCUT2D eigenvalue weighted by atomic mass is 9.95. The number of likely N-dealkylation sites (tertiary alicyclic amines) is 1. The maximum Gasteiger partial charge on any atom is 0.295 e. The number of hydrogen-bond donors (Lipinski definition) is 1. The molecule has 1 fully saturated rings. The Labute approximate surface area is 224 Å². The number of nitrogens with zero attached hydrogens (tertiary/aromatic N) is 2. The number of carbonyl (C=O) groups is 2. The second kappa shape index (κ2) is 14.0. The number of carbonyl (C=O) groups excluding carboxylic acids is 2. The fraction of sp³-hybridized carbons (Fsp3) is 0.467. The number of unbranched alkanes of at least 4 members (excludes halogenated alkanes) is 1. The molecule has 2 aromatic rings. The van der Waals surface area contributed by atoms with Crippen LogP contribution in [0.1, 0.15) is 64.1 Å². The van der Waals surface area contributed by atoms with Crippen molar-refractivity contribution >= 4 is 17.4 Å². The Balaban J connectivity index is 2.07. The molecule has 0 spiro atoms. The summed E-state index contributed by atoms with van der Waals surface area (Å²) in [5.41, 5.74) is 0.871. The summed E-state index contributed by atoms with van der Waals surface area (Å²) in [7, 11) is 0. The van der Waals surface area contributed by atoms with Crippen LogP contribution in [0.3, 0.4) is 0 Å². The highest BCUT2D eigenvalue weighted by Crippen LogP contribution is 2.42. The van der Waals surface area contributed by atoms with E-state index in [0.717, 1.165) is 32.5 Å². The minimum atomic E-state index is -0.819. The van der Waals surface area contributed by atoms with Gasteiger partial charge in [-0.05, 0) is 81.4 Å². The molecule has 2 aromatic carbocycles. The van der Waals surface area contributed by atoms with Crippen molar-refractivity contribution in [1.82, 2.24) is 9.80 Å². The summed E-state index contributed by atoms with van der Waals surface area (Å²) in [5, 5.41) is 11.2. The van der Waals surface area contributed by atoms with E-state index in [1.54, 1.807) is 18.2 Å². The lowest BCUT2D eigenvalue weighted by molar-refractivity contribution is -0.140. The van der Waals surface area contributed by atoms with Crippen molar-refractivity contribution < 1.29 is 28.6 Å². The SMILES string of the molecule is CCCCOc1ccc(C2C(=C(O)c3ccc(F)cc3)C(=O)C(=O)N2CCCN(CC)CC)cc1OCC. The molecule has 0 radical (unpaired) electrons. The van der Waals surface area contributed by atoms with Gasteiger partial charge < -0.3 is 24.4 Å². The molecule has 1 saturated heterocycles. The molecule has 8 heteroatoms. The second-order valence-electron chi connectivity index (χ2n) is 9.22. The molecule has 1 heterocycles. The first-order valence-electron chi connectivity index (χ1n) is 13.5. The highest BCUT2D eigenvalue weighted by Gasteiger charge is 2.46. The predicted molar refractivity (Wildman–Crippen MR) is 146 cm³/mol. The van der Waals surface area contributed by atoms with Crippen LogP contribution in [-0.2, 0) is 9.59 Å². The Morgan fingerprint density at radius 3 is 2.32 bits per heavy atom. The summed E-state index contributed by atoms with van der Waals surface area (Å²) >= 11 is 0. The normalized spacial score (nSPS) is 16.9. The van der Waals surface area contributed by atoms with Crippen LogP contribution >= 0.6 is 0 Å². The lowest BCUT2D eigenvalue weighted by Gasteiger charge is -2.27. The maximum atomic E-state index is 13.5. The third kappa shape index (κ3) is 6.72. The first-order valence-corrected chi connectivity index (χ1v) is 13.5. The molecule has 0 bridgehead atoms. The highest BCUT2D eigenvalue weighted by molar-refractivity contribution is 6.46. The second-order valence-corrected chi connectivity index (χ2v) is 9.22. The van der Waals surface area contributed by atoms with Crippen LogP contribution in [0.5, 0.6) is 11.5 Å². The first-order chi connectivity index (χ1) is 18.4. The van der Waals surface area contributed by atoms with Crippen molar-refractivity contribution in [1.29, 1.82) is 0 Å². The zero-order valence-electron chi connectivity index (χ0n) is 22.8. The average molecular weight is 527 g/mol. The summed E-state index contributed by atoms with van der Waals surface area (Å²) in [6.45, 7) is 12.0. The summed E-state index contributed by atoms with van der Waals surface area (Å²) in [4.78, 5) is 30.3. The van der Waals surface area contributed by atoms with Crippen molar-refractivity contribution in [2.24, 2.45) is 0 Å². The van der Waals surface area contributed by atoms with Gasteiger partial charge in [-0.25, -0.2) is 4.39 Å². The molecular formula is C30H39FN2O5. The van der Waals surface area contributed by atoms with Crippen LogP contribution in [0.15, 0.2) is 48.0 Å². The summed E-state index contributed by atoms with van der Waals surface area (Å²) in [5.74, 6) is -1.13. The first kappa shape index (κ1) is 29.2. The largest absolute Gasteiger partial charge is 0.507 e. The predicted octanol–water partition coefficient (Wildman–Crippen LogP) is 5.56. The maximum absolute atomic E-state index is 13.5. The van der Waals surface area contributed by atoms with E-state index in [-0.39, 0.29) is 16.9 Å². The van der Waals surface area contributed by atoms with E-state index in [1.165, 1.54) is 29.2 Å². The Kier molecular flexibility index (Phi) is 10.7. The van der Waals surface area contributed by atoms with Crippen LogP contribution in [-0.4, -0.2) is 66.0 Å². The number of ether oxygens (including phenoxy) is 2. The number of benzene rings is 2. The number of aliphatic hydroxyl groups excluding tert-OH is 1. The zero-order chi connectivity index (χ0) is 27.7. The highest BCUT2D eigenvalue weighted by atomic mass is 19.1. The molecule has 1 N–H and O–H groups in total. The number of aliphatic hydroxyl groups is 1. The molecule has 1 atom stereocenters. The van der Waals surface area contributed by atoms with Gasteiger partial charge in [-0.3, -0.25) is 9.59 Å². The van der Waals surface area contributed by atoms with Crippen molar-refractivity contribution in [3.05, 3.63) is 65.0 Å². The number of Topliss-reactive ketones (excluding diaryl/α,β-unsaturated/α-hetero) is 1.